The summed E-state index contributed by atoms with van der Waals surface area (Å²) in [6.07, 6.45) is 2.17. The lowest BCUT2D eigenvalue weighted by molar-refractivity contribution is -0.139. The Morgan fingerprint density at radius 2 is 1.95 bits per heavy atom. The van der Waals surface area contributed by atoms with Gasteiger partial charge in [-0.2, -0.15) is 5.10 Å². The lowest BCUT2D eigenvalue weighted by atomic mass is 10.1. The molecule has 110 valence electrons. The molecule has 1 heterocycles. The molecule has 2 rings (SSSR count). The van der Waals surface area contributed by atoms with Crippen LogP contribution in [0, 0.1) is 6.92 Å². The topological polar surface area (TPSA) is 84.2 Å². The van der Waals surface area contributed by atoms with Gasteiger partial charge >= 0.3 is 5.97 Å². The fraction of sp³-hybridized carbons (Fsp3) is 0.267. The second-order valence-electron chi connectivity index (χ2n) is 4.72. The lowest BCUT2D eigenvalue weighted by Gasteiger charge is -2.12. The summed E-state index contributed by atoms with van der Waals surface area (Å²) in [6, 6.07) is 7.85. The first-order chi connectivity index (χ1) is 10.0. The largest absolute Gasteiger partial charge is 0.480 e. The Bertz CT molecular complexity index is 646. The Hall–Kier alpha value is -2.63. The first-order valence-electron chi connectivity index (χ1n) is 6.67. The summed E-state index contributed by atoms with van der Waals surface area (Å²) in [5, 5.41) is 15.7. The molecule has 1 atom stereocenters. The zero-order chi connectivity index (χ0) is 15.4. The number of carbonyl (C=O) groups is 2. The third-order valence-electron chi connectivity index (χ3n) is 3.13. The molecule has 0 bridgehead atoms. The van der Waals surface area contributed by atoms with E-state index in [4.69, 9.17) is 5.11 Å². The van der Waals surface area contributed by atoms with Crippen molar-refractivity contribution in [2.24, 2.45) is 0 Å². The zero-order valence-corrected chi connectivity index (χ0v) is 11.9. The average molecular weight is 287 g/mol. The number of amides is 1. The van der Waals surface area contributed by atoms with Crippen LogP contribution in [0.1, 0.15) is 29.4 Å². The van der Waals surface area contributed by atoms with E-state index in [0.29, 0.717) is 12.0 Å². The van der Waals surface area contributed by atoms with Gasteiger partial charge in [-0.15, -0.1) is 0 Å². The van der Waals surface area contributed by atoms with E-state index in [2.05, 4.69) is 10.4 Å². The van der Waals surface area contributed by atoms with Gasteiger partial charge in [0.05, 0.1) is 11.4 Å². The second-order valence-corrected chi connectivity index (χ2v) is 4.72. The van der Waals surface area contributed by atoms with E-state index < -0.39 is 17.9 Å². The maximum atomic E-state index is 12.0. The van der Waals surface area contributed by atoms with Crippen molar-refractivity contribution in [2.45, 2.75) is 26.3 Å². The number of rotatable bonds is 5. The van der Waals surface area contributed by atoms with Gasteiger partial charge in [0, 0.05) is 11.8 Å². The fourth-order valence-electron chi connectivity index (χ4n) is 1.90. The molecule has 0 radical (unpaired) electrons. The van der Waals surface area contributed by atoms with Crippen LogP contribution in [0.2, 0.25) is 0 Å². The number of hydrogen-bond acceptors (Lipinski definition) is 3. The van der Waals surface area contributed by atoms with Gasteiger partial charge < -0.3 is 10.4 Å². The number of aliphatic carboxylic acids is 1. The molecule has 2 aromatic rings. The van der Waals surface area contributed by atoms with Crippen LogP contribution in [0.15, 0.2) is 36.5 Å². The number of carboxylic acids is 1. The molecule has 21 heavy (non-hydrogen) atoms. The summed E-state index contributed by atoms with van der Waals surface area (Å²) in [5.74, 6) is -1.43. The molecule has 1 aromatic heterocycles. The molecule has 0 aliphatic heterocycles. The number of carbonyl (C=O) groups excluding carboxylic acids is 1. The van der Waals surface area contributed by atoms with Gasteiger partial charge in [-0.25, -0.2) is 9.48 Å². The Morgan fingerprint density at radius 3 is 2.43 bits per heavy atom. The number of carboxylic acid groups (broad SMARTS) is 1. The number of aryl methyl sites for hydroxylation is 1. The van der Waals surface area contributed by atoms with Crippen LogP contribution in [0.3, 0.4) is 0 Å². The summed E-state index contributed by atoms with van der Waals surface area (Å²) in [5.41, 5.74) is 2.16. The lowest BCUT2D eigenvalue weighted by Crippen LogP contribution is -2.40. The molecule has 2 N–H and O–H groups in total. The molecule has 0 saturated carbocycles. The van der Waals surface area contributed by atoms with Gasteiger partial charge in [-0.1, -0.05) is 6.92 Å². The quantitative estimate of drug-likeness (QED) is 0.877. The van der Waals surface area contributed by atoms with E-state index in [1.165, 1.54) is 0 Å². The molecule has 0 aliphatic carbocycles. The van der Waals surface area contributed by atoms with Crippen molar-refractivity contribution in [3.63, 3.8) is 0 Å². The van der Waals surface area contributed by atoms with E-state index in [1.807, 2.05) is 19.2 Å². The van der Waals surface area contributed by atoms with E-state index in [-0.39, 0.29) is 0 Å². The number of nitrogens with one attached hydrogen (secondary N) is 1. The summed E-state index contributed by atoms with van der Waals surface area (Å²) >= 11 is 0. The van der Waals surface area contributed by atoms with Crippen molar-refractivity contribution in [3.8, 4) is 5.69 Å². The van der Waals surface area contributed by atoms with Crippen LogP contribution in [0.25, 0.3) is 5.69 Å². The summed E-state index contributed by atoms with van der Waals surface area (Å²) in [4.78, 5) is 22.9. The van der Waals surface area contributed by atoms with E-state index >= 15 is 0 Å². The van der Waals surface area contributed by atoms with Crippen LogP contribution in [-0.2, 0) is 4.79 Å². The van der Waals surface area contributed by atoms with Crippen molar-refractivity contribution >= 4 is 11.9 Å². The standard InChI is InChI=1S/C15H17N3O3/c1-3-13(15(20)21)16-14(19)11-4-6-12(7-5-11)18-9-8-10(2)17-18/h4-9,13H,3H2,1-2H3,(H,16,19)(H,20,21). The molecule has 1 aromatic carbocycles. The smallest absolute Gasteiger partial charge is 0.326 e. The normalized spacial score (nSPS) is 11.9. The van der Waals surface area contributed by atoms with Gasteiger partial charge in [0.1, 0.15) is 6.04 Å². The number of benzene rings is 1. The molecule has 6 nitrogen and oxygen atoms in total. The van der Waals surface area contributed by atoms with E-state index in [9.17, 15) is 9.59 Å². The van der Waals surface area contributed by atoms with E-state index in [0.717, 1.165) is 11.4 Å². The summed E-state index contributed by atoms with van der Waals surface area (Å²) in [7, 11) is 0. The number of aromatic nitrogens is 2. The summed E-state index contributed by atoms with van der Waals surface area (Å²) in [6.45, 7) is 3.61. The van der Waals surface area contributed by atoms with Crippen molar-refractivity contribution in [2.75, 3.05) is 0 Å². The minimum absolute atomic E-state index is 0.339. The molecule has 0 fully saturated rings. The Labute approximate surface area is 122 Å². The van der Waals surface area contributed by atoms with E-state index in [1.54, 1.807) is 35.9 Å². The van der Waals surface area contributed by atoms with Crippen LogP contribution in [0.5, 0.6) is 0 Å². The maximum Gasteiger partial charge on any atom is 0.326 e. The highest BCUT2D eigenvalue weighted by atomic mass is 16.4. The second kappa shape index (κ2) is 6.21. The molecule has 0 spiro atoms. The van der Waals surface area contributed by atoms with Crippen molar-refractivity contribution < 1.29 is 14.7 Å². The third kappa shape index (κ3) is 3.47. The van der Waals surface area contributed by atoms with Gasteiger partial charge in [0.2, 0.25) is 0 Å². The summed E-state index contributed by atoms with van der Waals surface area (Å²) < 4.78 is 1.71. The Balaban J connectivity index is 2.11. The molecule has 0 saturated heterocycles. The highest BCUT2D eigenvalue weighted by Gasteiger charge is 2.18. The van der Waals surface area contributed by atoms with Gasteiger partial charge in [0.15, 0.2) is 0 Å². The number of hydrogen-bond donors (Lipinski definition) is 2. The highest BCUT2D eigenvalue weighted by Crippen LogP contribution is 2.10. The number of nitrogens with zero attached hydrogens (tertiary/aromatic N) is 2. The Morgan fingerprint density at radius 1 is 1.29 bits per heavy atom. The van der Waals surface area contributed by atoms with Gasteiger partial charge in [0.25, 0.3) is 5.91 Å². The third-order valence-corrected chi connectivity index (χ3v) is 3.13. The molecule has 1 amide bonds. The molecular formula is C15H17N3O3. The van der Waals surface area contributed by atoms with Crippen LogP contribution in [0.4, 0.5) is 0 Å². The van der Waals surface area contributed by atoms with Crippen molar-refractivity contribution in [1.82, 2.24) is 15.1 Å². The first-order valence-corrected chi connectivity index (χ1v) is 6.67. The maximum absolute atomic E-state index is 12.0. The van der Waals surface area contributed by atoms with Crippen molar-refractivity contribution in [1.29, 1.82) is 0 Å². The van der Waals surface area contributed by atoms with Crippen LogP contribution in [-0.4, -0.2) is 32.8 Å². The molecular weight excluding hydrogens is 270 g/mol. The van der Waals surface area contributed by atoms with Crippen LogP contribution >= 0.6 is 0 Å². The molecule has 6 heteroatoms. The zero-order valence-electron chi connectivity index (χ0n) is 11.9. The molecule has 0 aliphatic rings. The van der Waals surface area contributed by atoms with Gasteiger partial charge in [-0.3, -0.25) is 4.79 Å². The van der Waals surface area contributed by atoms with Gasteiger partial charge in [-0.05, 0) is 43.7 Å². The first kappa shape index (κ1) is 14.8. The highest BCUT2D eigenvalue weighted by molar-refractivity contribution is 5.96. The predicted octanol–water partition coefficient (Wildman–Crippen LogP) is 1.77. The predicted molar refractivity (Wildman–Crippen MR) is 77.5 cm³/mol. The average Bonchev–Trinajstić information content (AvgIpc) is 2.91. The van der Waals surface area contributed by atoms with Crippen molar-refractivity contribution in [3.05, 3.63) is 47.8 Å². The SMILES string of the molecule is CCC(NC(=O)c1ccc(-n2ccc(C)n2)cc1)C(=O)O. The Kier molecular flexibility index (Phi) is 4.37. The molecule has 1 unspecified atom stereocenters. The fourth-order valence-corrected chi connectivity index (χ4v) is 1.90. The minimum Gasteiger partial charge on any atom is -0.480 e. The van der Waals surface area contributed by atoms with Crippen LogP contribution < -0.4 is 5.32 Å². The monoisotopic (exact) mass is 287 g/mol. The minimum atomic E-state index is -1.03.